The van der Waals surface area contributed by atoms with Crippen molar-refractivity contribution in [2.24, 2.45) is 5.92 Å². The van der Waals surface area contributed by atoms with E-state index in [1.54, 1.807) is 11.3 Å². The number of aryl methyl sites for hydroxylation is 1. The zero-order valence-electron chi connectivity index (χ0n) is 14.9. The standard InChI is InChI=1S/C18H23N3O3S2/c1-11-2-3-12-13(8-11)26-18-16(12)17(23)19-14(20-18)9-25-10-15(22)21-4-6-24-7-5-21/h11H,2-10H2,1H3,(H,19,20,23)/t11-/m0/s1. The Balaban J connectivity index is 1.44. The van der Waals surface area contributed by atoms with E-state index in [0.29, 0.717) is 49.6 Å². The minimum Gasteiger partial charge on any atom is -0.378 e. The number of thiophene rings is 1. The molecule has 8 heteroatoms. The van der Waals surface area contributed by atoms with Gasteiger partial charge < -0.3 is 14.6 Å². The number of aromatic amines is 1. The van der Waals surface area contributed by atoms with Crippen molar-refractivity contribution in [3.63, 3.8) is 0 Å². The summed E-state index contributed by atoms with van der Waals surface area (Å²) in [6.07, 6.45) is 3.16. The molecule has 0 radical (unpaired) electrons. The van der Waals surface area contributed by atoms with Gasteiger partial charge in [-0.25, -0.2) is 4.98 Å². The number of rotatable bonds is 4. The molecule has 1 N–H and O–H groups in total. The summed E-state index contributed by atoms with van der Waals surface area (Å²) >= 11 is 3.17. The second kappa shape index (κ2) is 7.70. The van der Waals surface area contributed by atoms with E-state index in [0.717, 1.165) is 29.5 Å². The Kier molecular flexibility index (Phi) is 5.33. The van der Waals surface area contributed by atoms with Crippen LogP contribution in [-0.4, -0.2) is 52.8 Å². The van der Waals surface area contributed by atoms with E-state index >= 15 is 0 Å². The number of hydrogen-bond donors (Lipinski definition) is 1. The largest absolute Gasteiger partial charge is 0.378 e. The number of morpholine rings is 1. The predicted molar refractivity (Wildman–Crippen MR) is 105 cm³/mol. The quantitative estimate of drug-likeness (QED) is 0.862. The van der Waals surface area contributed by atoms with E-state index in [-0.39, 0.29) is 11.5 Å². The fraction of sp³-hybridized carbons (Fsp3) is 0.611. The van der Waals surface area contributed by atoms with Crippen LogP contribution in [0.2, 0.25) is 0 Å². The van der Waals surface area contributed by atoms with E-state index in [9.17, 15) is 9.59 Å². The molecule has 0 saturated carbocycles. The van der Waals surface area contributed by atoms with Crippen molar-refractivity contribution in [3.05, 3.63) is 26.6 Å². The average Bonchev–Trinajstić information content (AvgIpc) is 3.00. The minimum absolute atomic E-state index is 0.0304. The Hall–Kier alpha value is -1.38. The summed E-state index contributed by atoms with van der Waals surface area (Å²) in [5.41, 5.74) is 1.18. The highest BCUT2D eigenvalue weighted by atomic mass is 32.2. The van der Waals surface area contributed by atoms with Gasteiger partial charge >= 0.3 is 0 Å². The molecule has 26 heavy (non-hydrogen) atoms. The molecule has 1 aliphatic carbocycles. The van der Waals surface area contributed by atoms with Crippen molar-refractivity contribution in [1.82, 2.24) is 14.9 Å². The van der Waals surface area contributed by atoms with Crippen LogP contribution in [-0.2, 0) is 28.1 Å². The molecule has 1 saturated heterocycles. The normalized spacial score (nSPS) is 20.3. The molecular formula is C18H23N3O3S2. The number of nitrogens with one attached hydrogen (secondary N) is 1. The number of fused-ring (bicyclic) bond motifs is 3. The Morgan fingerprint density at radius 2 is 2.23 bits per heavy atom. The van der Waals surface area contributed by atoms with Gasteiger partial charge in [0.05, 0.1) is 30.1 Å². The van der Waals surface area contributed by atoms with Crippen LogP contribution in [0.25, 0.3) is 10.2 Å². The van der Waals surface area contributed by atoms with Crippen LogP contribution in [0.1, 0.15) is 29.6 Å². The van der Waals surface area contributed by atoms with Gasteiger partial charge in [0, 0.05) is 18.0 Å². The molecule has 1 amide bonds. The van der Waals surface area contributed by atoms with E-state index in [1.807, 2.05) is 4.90 Å². The summed E-state index contributed by atoms with van der Waals surface area (Å²) in [4.78, 5) is 36.4. The SMILES string of the molecule is C[C@H]1CCc2c(sc3nc(CSCC(=O)N4CCOCC4)[nH]c(=O)c23)C1. The average molecular weight is 394 g/mol. The van der Waals surface area contributed by atoms with Crippen molar-refractivity contribution in [2.45, 2.75) is 31.9 Å². The van der Waals surface area contributed by atoms with Crippen LogP contribution < -0.4 is 5.56 Å². The number of thioether (sulfide) groups is 1. The van der Waals surface area contributed by atoms with Crippen LogP contribution >= 0.6 is 23.1 Å². The molecule has 140 valence electrons. The maximum absolute atomic E-state index is 12.6. The van der Waals surface area contributed by atoms with Gasteiger partial charge in [-0.05, 0) is 30.7 Å². The third-order valence-electron chi connectivity index (χ3n) is 5.04. The summed E-state index contributed by atoms with van der Waals surface area (Å²) in [6, 6.07) is 0. The molecule has 6 nitrogen and oxygen atoms in total. The first kappa shape index (κ1) is 18.0. The van der Waals surface area contributed by atoms with Gasteiger partial charge in [0.15, 0.2) is 0 Å². The van der Waals surface area contributed by atoms with Gasteiger partial charge in [0.2, 0.25) is 5.91 Å². The molecule has 4 rings (SSSR count). The zero-order valence-corrected chi connectivity index (χ0v) is 16.5. The maximum atomic E-state index is 12.6. The molecular weight excluding hydrogens is 370 g/mol. The first-order valence-corrected chi connectivity index (χ1v) is 11.1. The lowest BCUT2D eigenvalue weighted by atomic mass is 9.89. The fourth-order valence-electron chi connectivity index (χ4n) is 3.60. The van der Waals surface area contributed by atoms with E-state index in [1.165, 1.54) is 22.2 Å². The van der Waals surface area contributed by atoms with E-state index in [4.69, 9.17) is 4.74 Å². The molecule has 3 heterocycles. The number of H-pyrrole nitrogens is 1. The number of nitrogens with zero attached hydrogens (tertiary/aromatic N) is 2. The summed E-state index contributed by atoms with van der Waals surface area (Å²) in [5, 5.41) is 0.787. The first-order chi connectivity index (χ1) is 12.6. The molecule has 1 atom stereocenters. The number of carbonyl (C=O) groups is 1. The highest BCUT2D eigenvalue weighted by molar-refractivity contribution is 7.99. The van der Waals surface area contributed by atoms with Crippen molar-refractivity contribution >= 4 is 39.2 Å². The highest BCUT2D eigenvalue weighted by Crippen LogP contribution is 2.35. The highest BCUT2D eigenvalue weighted by Gasteiger charge is 2.23. The molecule has 0 spiro atoms. The summed E-state index contributed by atoms with van der Waals surface area (Å²) in [5.74, 6) is 2.41. The van der Waals surface area contributed by atoms with Gasteiger partial charge in [-0.2, -0.15) is 0 Å². The van der Waals surface area contributed by atoms with Gasteiger partial charge in [-0.1, -0.05) is 6.92 Å². The molecule has 1 fully saturated rings. The third-order valence-corrected chi connectivity index (χ3v) is 7.12. The first-order valence-electron chi connectivity index (χ1n) is 9.08. The Morgan fingerprint density at radius 1 is 1.42 bits per heavy atom. The number of amides is 1. The maximum Gasteiger partial charge on any atom is 0.259 e. The number of hydrogen-bond acceptors (Lipinski definition) is 6. The molecule has 1 aliphatic heterocycles. The lowest BCUT2D eigenvalue weighted by molar-refractivity contribution is -0.132. The smallest absolute Gasteiger partial charge is 0.259 e. The lowest BCUT2D eigenvalue weighted by Crippen LogP contribution is -2.41. The van der Waals surface area contributed by atoms with Crippen molar-refractivity contribution in [3.8, 4) is 0 Å². The predicted octanol–water partition coefficient (Wildman–Crippen LogP) is 2.20. The van der Waals surface area contributed by atoms with Crippen LogP contribution in [0, 0.1) is 5.92 Å². The third kappa shape index (κ3) is 3.68. The summed E-state index contributed by atoms with van der Waals surface area (Å²) < 4.78 is 5.27. The zero-order chi connectivity index (χ0) is 18.1. The number of carbonyl (C=O) groups excluding carboxylic acids is 1. The van der Waals surface area contributed by atoms with Crippen LogP contribution in [0.4, 0.5) is 0 Å². The second-order valence-electron chi connectivity index (χ2n) is 7.03. The lowest BCUT2D eigenvalue weighted by Gasteiger charge is -2.26. The molecule has 2 aromatic rings. The number of aromatic nitrogens is 2. The van der Waals surface area contributed by atoms with Crippen molar-refractivity contribution in [2.75, 3.05) is 32.1 Å². The van der Waals surface area contributed by atoms with Crippen molar-refractivity contribution in [1.29, 1.82) is 0 Å². The van der Waals surface area contributed by atoms with Gasteiger partial charge in [-0.15, -0.1) is 23.1 Å². The number of ether oxygens (including phenoxy) is 1. The van der Waals surface area contributed by atoms with Crippen LogP contribution in [0.15, 0.2) is 4.79 Å². The molecule has 0 unspecified atom stereocenters. The fourth-order valence-corrected chi connectivity index (χ4v) is 5.79. The molecule has 0 aromatic carbocycles. The Morgan fingerprint density at radius 3 is 3.04 bits per heavy atom. The summed E-state index contributed by atoms with van der Waals surface area (Å²) in [6.45, 7) is 4.82. The molecule has 2 aromatic heterocycles. The Bertz CT molecular complexity index is 870. The molecule has 2 aliphatic rings. The minimum atomic E-state index is -0.0304. The van der Waals surface area contributed by atoms with Gasteiger partial charge in [-0.3, -0.25) is 9.59 Å². The van der Waals surface area contributed by atoms with E-state index in [2.05, 4.69) is 16.9 Å². The van der Waals surface area contributed by atoms with Crippen LogP contribution in [0.3, 0.4) is 0 Å². The van der Waals surface area contributed by atoms with E-state index < -0.39 is 0 Å². The van der Waals surface area contributed by atoms with Gasteiger partial charge in [0.25, 0.3) is 5.56 Å². The molecule has 0 bridgehead atoms. The Labute approximate surface area is 160 Å². The van der Waals surface area contributed by atoms with Crippen molar-refractivity contribution < 1.29 is 9.53 Å². The second-order valence-corrected chi connectivity index (χ2v) is 9.10. The van der Waals surface area contributed by atoms with Gasteiger partial charge in [0.1, 0.15) is 10.7 Å². The van der Waals surface area contributed by atoms with Crippen LogP contribution in [0.5, 0.6) is 0 Å². The monoisotopic (exact) mass is 393 g/mol. The topological polar surface area (TPSA) is 75.3 Å². The summed E-state index contributed by atoms with van der Waals surface area (Å²) in [7, 11) is 0.